The Balaban J connectivity index is 1.81. The summed E-state index contributed by atoms with van der Waals surface area (Å²) in [5.41, 5.74) is 6.00. The first kappa shape index (κ1) is 17.7. The molecule has 3 aromatic rings. The van der Waals surface area contributed by atoms with Crippen molar-refractivity contribution in [1.82, 2.24) is 15.3 Å². The number of likely N-dealkylation sites (N-methyl/N-ethyl adjacent to an activating group) is 1. The number of nitrogens with zero attached hydrogens (tertiary/aromatic N) is 4. The lowest BCUT2D eigenvalue weighted by Gasteiger charge is -2.23. The molecule has 0 unspecified atom stereocenters. The molecular formula is C21H23N5OS. The monoisotopic (exact) mass is 393 g/mol. The van der Waals surface area contributed by atoms with Crippen LogP contribution in [0.5, 0.6) is 0 Å². The van der Waals surface area contributed by atoms with Crippen molar-refractivity contribution >= 4 is 28.1 Å². The fraction of sp³-hybridized carbons (Fsp3) is 0.476. The minimum Gasteiger partial charge on any atom is -0.438 e. The summed E-state index contributed by atoms with van der Waals surface area (Å²) in [6.45, 7) is 5.89. The summed E-state index contributed by atoms with van der Waals surface area (Å²) >= 11 is 1.63. The maximum atomic E-state index is 9.92. The normalized spacial score (nSPS) is 19.5. The van der Waals surface area contributed by atoms with E-state index in [1.165, 1.54) is 0 Å². The zero-order chi connectivity index (χ0) is 19.4. The van der Waals surface area contributed by atoms with Crippen LogP contribution in [0.3, 0.4) is 0 Å². The average molecular weight is 394 g/mol. The second-order valence-electron chi connectivity index (χ2n) is 7.81. The largest absolute Gasteiger partial charge is 0.438 e. The number of fused-ring (bicyclic) bond motifs is 1. The number of nitrogens with one attached hydrogen (secondary N) is 1. The Labute approximate surface area is 168 Å². The zero-order valence-electron chi connectivity index (χ0n) is 16.4. The van der Waals surface area contributed by atoms with E-state index < -0.39 is 0 Å². The third-order valence-electron chi connectivity index (χ3n) is 5.91. The Hall–Kier alpha value is -2.43. The molecule has 0 amide bonds. The predicted molar refractivity (Wildman–Crippen MR) is 111 cm³/mol. The van der Waals surface area contributed by atoms with Crippen molar-refractivity contribution in [1.29, 1.82) is 5.26 Å². The van der Waals surface area contributed by atoms with Gasteiger partial charge in [-0.2, -0.15) is 5.26 Å². The van der Waals surface area contributed by atoms with Gasteiger partial charge in [0, 0.05) is 36.0 Å². The van der Waals surface area contributed by atoms with Crippen molar-refractivity contribution in [3.63, 3.8) is 0 Å². The molecule has 0 spiro atoms. The smallest absolute Gasteiger partial charge is 0.198 e. The number of rotatable bonds is 4. The maximum absolute atomic E-state index is 9.92. The molecule has 144 valence electrons. The van der Waals surface area contributed by atoms with Crippen LogP contribution in [0.25, 0.3) is 22.4 Å². The molecule has 7 heteroatoms. The molecule has 6 nitrogen and oxygen atoms in total. The number of aryl methyl sites for hydroxylation is 1. The summed E-state index contributed by atoms with van der Waals surface area (Å²) < 4.78 is 6.32. The van der Waals surface area contributed by atoms with Gasteiger partial charge in [0.05, 0.1) is 22.0 Å². The molecule has 0 radical (unpaired) electrons. The van der Waals surface area contributed by atoms with Crippen LogP contribution in [0.4, 0.5) is 5.69 Å². The van der Waals surface area contributed by atoms with Gasteiger partial charge in [-0.15, -0.1) is 11.3 Å². The van der Waals surface area contributed by atoms with Gasteiger partial charge in [-0.3, -0.25) is 0 Å². The summed E-state index contributed by atoms with van der Waals surface area (Å²) in [5.74, 6) is 1.18. The molecule has 5 rings (SSSR count). The van der Waals surface area contributed by atoms with Gasteiger partial charge in [0.1, 0.15) is 11.6 Å². The van der Waals surface area contributed by atoms with E-state index in [1.54, 1.807) is 11.3 Å². The Morgan fingerprint density at radius 2 is 2.11 bits per heavy atom. The summed E-state index contributed by atoms with van der Waals surface area (Å²) in [5, 5.41) is 16.4. The summed E-state index contributed by atoms with van der Waals surface area (Å²) in [7, 11) is 2.01. The minimum atomic E-state index is 0.403. The van der Waals surface area contributed by atoms with Crippen LogP contribution in [0, 0.1) is 25.2 Å². The Morgan fingerprint density at radius 3 is 2.71 bits per heavy atom. The molecule has 1 N–H and O–H groups in total. The molecule has 0 bridgehead atoms. The molecule has 1 aliphatic carbocycles. The van der Waals surface area contributed by atoms with Gasteiger partial charge in [0.2, 0.25) is 0 Å². The molecule has 3 heterocycles. The minimum absolute atomic E-state index is 0.403. The standard InChI is InChI=1S/C21H23N5OS/c1-11-15(8-22)18-20(27-21(25-18)13-4-5-13)19(26-7-6-14(9-26)23-3)17(11)16-10-28-12(2)24-16/h10,13-14,23H,4-7,9H2,1-3H3/t14-/m0/s1. The number of thiazole rings is 1. The van der Waals surface area contributed by atoms with Crippen molar-refractivity contribution in [2.45, 2.75) is 45.1 Å². The van der Waals surface area contributed by atoms with Crippen molar-refractivity contribution in [3.8, 4) is 17.3 Å². The zero-order valence-corrected chi connectivity index (χ0v) is 17.2. The fourth-order valence-electron chi connectivity index (χ4n) is 4.19. The molecule has 2 aromatic heterocycles. The number of nitriles is 1. The highest BCUT2D eigenvalue weighted by Gasteiger charge is 2.34. The van der Waals surface area contributed by atoms with Crippen LogP contribution < -0.4 is 10.2 Å². The number of oxazole rings is 1. The van der Waals surface area contributed by atoms with E-state index in [0.717, 1.165) is 71.3 Å². The van der Waals surface area contributed by atoms with Crippen LogP contribution in [0.15, 0.2) is 9.80 Å². The van der Waals surface area contributed by atoms with E-state index in [0.29, 0.717) is 23.0 Å². The van der Waals surface area contributed by atoms with E-state index in [4.69, 9.17) is 14.4 Å². The van der Waals surface area contributed by atoms with Crippen molar-refractivity contribution in [2.75, 3.05) is 25.0 Å². The quantitative estimate of drug-likeness (QED) is 0.718. The van der Waals surface area contributed by atoms with Crippen LogP contribution in [0.1, 0.15) is 47.2 Å². The molecule has 28 heavy (non-hydrogen) atoms. The van der Waals surface area contributed by atoms with E-state index in [9.17, 15) is 5.26 Å². The third kappa shape index (κ3) is 2.71. The van der Waals surface area contributed by atoms with Crippen molar-refractivity contribution < 1.29 is 4.42 Å². The molecule has 2 aliphatic rings. The van der Waals surface area contributed by atoms with Gasteiger partial charge in [-0.05, 0) is 45.7 Å². The molecule has 1 aliphatic heterocycles. The molecule has 1 atom stereocenters. The number of aromatic nitrogens is 2. The third-order valence-corrected chi connectivity index (χ3v) is 6.68. The highest BCUT2D eigenvalue weighted by atomic mass is 32.1. The van der Waals surface area contributed by atoms with Crippen molar-refractivity contribution in [2.24, 2.45) is 0 Å². The second-order valence-corrected chi connectivity index (χ2v) is 8.87. The first-order chi connectivity index (χ1) is 13.6. The molecule has 2 fully saturated rings. The van der Waals surface area contributed by atoms with Crippen LogP contribution >= 0.6 is 11.3 Å². The second kappa shape index (κ2) is 6.57. The van der Waals surface area contributed by atoms with Gasteiger partial charge in [-0.1, -0.05) is 0 Å². The van der Waals surface area contributed by atoms with Gasteiger partial charge >= 0.3 is 0 Å². The van der Waals surface area contributed by atoms with E-state index in [2.05, 4.69) is 21.7 Å². The number of hydrogen-bond donors (Lipinski definition) is 1. The van der Waals surface area contributed by atoms with Gasteiger partial charge in [0.15, 0.2) is 11.5 Å². The van der Waals surface area contributed by atoms with Crippen LogP contribution in [0.2, 0.25) is 0 Å². The van der Waals surface area contributed by atoms with Crippen LogP contribution in [-0.2, 0) is 0 Å². The lowest BCUT2D eigenvalue weighted by Crippen LogP contribution is -2.30. The molecule has 1 saturated heterocycles. The lowest BCUT2D eigenvalue weighted by atomic mass is 9.96. The van der Waals surface area contributed by atoms with E-state index in [-0.39, 0.29) is 0 Å². The van der Waals surface area contributed by atoms with E-state index in [1.807, 2.05) is 20.9 Å². The first-order valence-electron chi connectivity index (χ1n) is 9.82. The average Bonchev–Trinajstić information content (AvgIpc) is 3.08. The number of benzene rings is 1. The van der Waals surface area contributed by atoms with E-state index >= 15 is 0 Å². The summed E-state index contributed by atoms with van der Waals surface area (Å²) in [6, 6.07) is 2.83. The maximum Gasteiger partial charge on any atom is 0.198 e. The highest BCUT2D eigenvalue weighted by Crippen LogP contribution is 2.47. The van der Waals surface area contributed by atoms with Gasteiger partial charge in [-0.25, -0.2) is 9.97 Å². The Kier molecular flexibility index (Phi) is 4.14. The lowest BCUT2D eigenvalue weighted by molar-refractivity contribution is 0.532. The van der Waals surface area contributed by atoms with Crippen LogP contribution in [-0.4, -0.2) is 36.1 Å². The molecule has 1 saturated carbocycles. The van der Waals surface area contributed by atoms with Gasteiger partial charge < -0.3 is 14.6 Å². The first-order valence-corrected chi connectivity index (χ1v) is 10.7. The number of anilines is 1. The summed E-state index contributed by atoms with van der Waals surface area (Å²) in [6.07, 6.45) is 3.32. The molecular weight excluding hydrogens is 370 g/mol. The Morgan fingerprint density at radius 1 is 1.29 bits per heavy atom. The Bertz CT molecular complexity index is 1100. The topological polar surface area (TPSA) is 78.0 Å². The van der Waals surface area contributed by atoms with Gasteiger partial charge in [0.25, 0.3) is 0 Å². The molecule has 1 aromatic carbocycles. The van der Waals surface area contributed by atoms with Crippen molar-refractivity contribution in [3.05, 3.63) is 27.4 Å². The predicted octanol–water partition coefficient (Wildman–Crippen LogP) is 4.12. The number of hydrogen-bond acceptors (Lipinski definition) is 7. The SMILES string of the molecule is CN[C@H]1CCN(c2c(-c3csc(C)n3)c(C)c(C#N)c3nc(C4CC4)oc23)C1. The fourth-order valence-corrected chi connectivity index (χ4v) is 4.80. The summed E-state index contributed by atoms with van der Waals surface area (Å²) in [4.78, 5) is 11.9. The highest BCUT2D eigenvalue weighted by molar-refractivity contribution is 7.09.